The molecule has 0 saturated heterocycles. The molecule has 0 aromatic heterocycles. The van der Waals surface area contributed by atoms with Crippen molar-refractivity contribution in [1.82, 2.24) is 4.90 Å². The standard InChI is InChI=1S/C30H45N/c1-2-3-4-5-6-7-8-9-10-11-12-13-14-21-26-31(27-29-22-17-15-18-23-29)28-30-24-19-16-20-25-30/h3-4,15-20,22-25H,2,5-14,21,26-28H2,1H3/b4-3+. The molecule has 0 saturated carbocycles. The summed E-state index contributed by atoms with van der Waals surface area (Å²) in [4.78, 5) is 2.61. The van der Waals surface area contributed by atoms with Gasteiger partial charge in [-0.1, -0.05) is 131 Å². The second kappa shape index (κ2) is 17.8. The van der Waals surface area contributed by atoms with Crippen LogP contribution in [0.2, 0.25) is 0 Å². The van der Waals surface area contributed by atoms with Crippen molar-refractivity contribution >= 4 is 0 Å². The van der Waals surface area contributed by atoms with E-state index in [1.807, 2.05) is 0 Å². The minimum absolute atomic E-state index is 1.05. The molecule has 0 bridgehead atoms. The Morgan fingerprint density at radius 3 is 1.48 bits per heavy atom. The summed E-state index contributed by atoms with van der Waals surface area (Å²) in [6, 6.07) is 21.8. The number of benzene rings is 2. The van der Waals surface area contributed by atoms with Crippen molar-refractivity contribution in [2.24, 2.45) is 0 Å². The third kappa shape index (κ3) is 13.2. The van der Waals surface area contributed by atoms with Gasteiger partial charge in [0.25, 0.3) is 0 Å². The summed E-state index contributed by atoms with van der Waals surface area (Å²) < 4.78 is 0. The molecule has 0 aliphatic rings. The van der Waals surface area contributed by atoms with Crippen LogP contribution in [0.3, 0.4) is 0 Å². The zero-order valence-electron chi connectivity index (χ0n) is 20.0. The fourth-order valence-corrected chi connectivity index (χ4v) is 4.19. The van der Waals surface area contributed by atoms with Crippen molar-refractivity contribution in [1.29, 1.82) is 0 Å². The van der Waals surface area contributed by atoms with Gasteiger partial charge in [-0.05, 0) is 43.4 Å². The summed E-state index contributed by atoms with van der Waals surface area (Å²) in [6.07, 6.45) is 21.1. The van der Waals surface area contributed by atoms with Crippen LogP contribution in [0.15, 0.2) is 72.8 Å². The van der Waals surface area contributed by atoms with Gasteiger partial charge in [0.05, 0.1) is 0 Å². The van der Waals surface area contributed by atoms with E-state index in [1.165, 1.54) is 94.7 Å². The highest BCUT2D eigenvalue weighted by Gasteiger charge is 2.07. The topological polar surface area (TPSA) is 3.24 Å². The molecule has 0 amide bonds. The lowest BCUT2D eigenvalue weighted by Gasteiger charge is -2.22. The number of hydrogen-bond donors (Lipinski definition) is 0. The molecule has 2 aromatic carbocycles. The van der Waals surface area contributed by atoms with Crippen LogP contribution in [0, 0.1) is 0 Å². The van der Waals surface area contributed by atoms with E-state index in [0.717, 1.165) is 13.1 Å². The van der Waals surface area contributed by atoms with E-state index >= 15 is 0 Å². The van der Waals surface area contributed by atoms with Crippen molar-refractivity contribution in [3.63, 3.8) is 0 Å². The van der Waals surface area contributed by atoms with E-state index in [1.54, 1.807) is 0 Å². The maximum Gasteiger partial charge on any atom is 0.0237 e. The van der Waals surface area contributed by atoms with Crippen molar-refractivity contribution < 1.29 is 0 Å². The zero-order valence-corrected chi connectivity index (χ0v) is 20.0. The van der Waals surface area contributed by atoms with E-state index in [9.17, 15) is 0 Å². The molecule has 1 heteroatoms. The van der Waals surface area contributed by atoms with Gasteiger partial charge in [-0.15, -0.1) is 0 Å². The van der Waals surface area contributed by atoms with Crippen LogP contribution in [0.1, 0.15) is 95.1 Å². The maximum atomic E-state index is 2.61. The average Bonchev–Trinajstić information content (AvgIpc) is 2.80. The molecular formula is C30H45N. The van der Waals surface area contributed by atoms with Gasteiger partial charge >= 0.3 is 0 Å². The molecule has 0 aliphatic heterocycles. The molecule has 0 aliphatic carbocycles. The highest BCUT2D eigenvalue weighted by Crippen LogP contribution is 2.14. The predicted molar refractivity (Wildman–Crippen MR) is 137 cm³/mol. The zero-order chi connectivity index (χ0) is 21.8. The van der Waals surface area contributed by atoms with E-state index in [-0.39, 0.29) is 0 Å². The predicted octanol–water partition coefficient (Wildman–Crippen LogP) is 8.95. The smallest absolute Gasteiger partial charge is 0.0237 e. The lowest BCUT2D eigenvalue weighted by atomic mass is 10.1. The summed E-state index contributed by atoms with van der Waals surface area (Å²) in [7, 11) is 0. The van der Waals surface area contributed by atoms with Gasteiger partial charge in [0, 0.05) is 13.1 Å². The maximum absolute atomic E-state index is 2.61. The fraction of sp³-hybridized carbons (Fsp3) is 0.533. The third-order valence-electron chi connectivity index (χ3n) is 6.00. The van der Waals surface area contributed by atoms with Crippen LogP contribution in [0.5, 0.6) is 0 Å². The summed E-state index contributed by atoms with van der Waals surface area (Å²) in [5.41, 5.74) is 2.83. The Morgan fingerprint density at radius 2 is 1.00 bits per heavy atom. The first-order valence-electron chi connectivity index (χ1n) is 12.8. The molecule has 0 heterocycles. The number of rotatable bonds is 18. The molecule has 2 aromatic rings. The lowest BCUT2D eigenvalue weighted by molar-refractivity contribution is 0.250. The first-order chi connectivity index (χ1) is 15.4. The molecule has 0 fully saturated rings. The first-order valence-corrected chi connectivity index (χ1v) is 12.8. The van der Waals surface area contributed by atoms with Gasteiger partial charge in [-0.2, -0.15) is 0 Å². The molecule has 0 atom stereocenters. The molecule has 0 unspecified atom stereocenters. The summed E-state index contributed by atoms with van der Waals surface area (Å²) in [5.74, 6) is 0. The van der Waals surface area contributed by atoms with Crippen LogP contribution >= 0.6 is 0 Å². The fourth-order valence-electron chi connectivity index (χ4n) is 4.19. The minimum Gasteiger partial charge on any atom is -0.295 e. The van der Waals surface area contributed by atoms with Crippen LogP contribution in [0.25, 0.3) is 0 Å². The van der Waals surface area contributed by atoms with Crippen molar-refractivity contribution in [3.8, 4) is 0 Å². The van der Waals surface area contributed by atoms with Crippen LogP contribution in [-0.4, -0.2) is 11.4 Å². The SMILES string of the molecule is CC/C=C/CCCCCCCCCCCCN(Cc1ccccc1)Cc1ccccc1. The van der Waals surface area contributed by atoms with Crippen molar-refractivity contribution in [3.05, 3.63) is 83.9 Å². The van der Waals surface area contributed by atoms with Crippen LogP contribution < -0.4 is 0 Å². The highest BCUT2D eigenvalue weighted by molar-refractivity contribution is 5.17. The van der Waals surface area contributed by atoms with Gasteiger partial charge in [-0.3, -0.25) is 4.90 Å². The molecule has 0 radical (unpaired) electrons. The van der Waals surface area contributed by atoms with Gasteiger partial charge in [0.1, 0.15) is 0 Å². The number of hydrogen-bond acceptors (Lipinski definition) is 1. The summed E-state index contributed by atoms with van der Waals surface area (Å²) >= 11 is 0. The number of nitrogens with zero attached hydrogens (tertiary/aromatic N) is 1. The Bertz CT molecular complexity index is 620. The van der Waals surface area contributed by atoms with Gasteiger partial charge < -0.3 is 0 Å². The molecule has 0 spiro atoms. The normalized spacial score (nSPS) is 11.5. The quantitative estimate of drug-likeness (QED) is 0.172. The van der Waals surface area contributed by atoms with Gasteiger partial charge in [0.15, 0.2) is 0 Å². The van der Waals surface area contributed by atoms with E-state index < -0.39 is 0 Å². The molecule has 170 valence electrons. The van der Waals surface area contributed by atoms with Crippen LogP contribution in [0.4, 0.5) is 0 Å². The highest BCUT2D eigenvalue weighted by atomic mass is 15.1. The molecule has 31 heavy (non-hydrogen) atoms. The van der Waals surface area contributed by atoms with Crippen LogP contribution in [-0.2, 0) is 13.1 Å². The second-order valence-corrected chi connectivity index (χ2v) is 8.89. The molecule has 2 rings (SSSR count). The van der Waals surface area contributed by atoms with Gasteiger partial charge in [0.2, 0.25) is 0 Å². The monoisotopic (exact) mass is 419 g/mol. The Morgan fingerprint density at radius 1 is 0.548 bits per heavy atom. The lowest BCUT2D eigenvalue weighted by Crippen LogP contribution is -2.24. The summed E-state index contributed by atoms with van der Waals surface area (Å²) in [6.45, 7) is 5.49. The molecular weight excluding hydrogens is 374 g/mol. The number of unbranched alkanes of at least 4 members (excludes halogenated alkanes) is 10. The first kappa shape index (κ1) is 25.4. The Labute approximate surface area is 192 Å². The van der Waals surface area contributed by atoms with Gasteiger partial charge in [-0.25, -0.2) is 0 Å². The van der Waals surface area contributed by atoms with Crippen molar-refractivity contribution in [2.45, 2.75) is 97.1 Å². The van der Waals surface area contributed by atoms with E-state index in [0.29, 0.717) is 0 Å². The second-order valence-electron chi connectivity index (χ2n) is 8.89. The molecule has 1 nitrogen and oxygen atoms in total. The van der Waals surface area contributed by atoms with Crippen molar-refractivity contribution in [2.75, 3.05) is 6.54 Å². The average molecular weight is 420 g/mol. The summed E-state index contributed by atoms with van der Waals surface area (Å²) in [5, 5.41) is 0. The minimum atomic E-state index is 1.05. The van der Waals surface area contributed by atoms with E-state index in [2.05, 4.69) is 84.6 Å². The Balaban J connectivity index is 1.53. The Hall–Kier alpha value is -1.86. The Kier molecular flexibility index (Phi) is 14.6. The largest absolute Gasteiger partial charge is 0.295 e. The van der Waals surface area contributed by atoms with E-state index in [4.69, 9.17) is 0 Å². The third-order valence-corrected chi connectivity index (χ3v) is 6.00. The molecule has 0 N–H and O–H groups in total. The number of allylic oxidation sites excluding steroid dienone is 2.